The number of benzene rings is 1. The van der Waals surface area contributed by atoms with Crippen molar-refractivity contribution in [2.75, 3.05) is 5.32 Å². The molecule has 0 atom stereocenters. The fourth-order valence-electron chi connectivity index (χ4n) is 1.32. The summed E-state index contributed by atoms with van der Waals surface area (Å²) in [6, 6.07) is 7.04. The molecule has 1 heterocycles. The van der Waals surface area contributed by atoms with E-state index >= 15 is 0 Å². The standard InChI is InChI=1S/C11H8ClN3OS/c12-9-3-7(4-13)1-2-10(9)14-5-8-6-17-11(16)15-8/h1-3,6,14H,5H2,(H,15,16). The fraction of sp³-hybridized carbons (Fsp3) is 0.0909. The topological polar surface area (TPSA) is 68.7 Å². The zero-order valence-electron chi connectivity index (χ0n) is 8.66. The molecular formula is C11H8ClN3OS. The zero-order valence-corrected chi connectivity index (χ0v) is 10.2. The third kappa shape index (κ3) is 2.87. The summed E-state index contributed by atoms with van der Waals surface area (Å²) in [5, 5.41) is 14.0. The molecule has 86 valence electrons. The molecule has 0 saturated heterocycles. The van der Waals surface area contributed by atoms with Crippen LogP contribution in [0.25, 0.3) is 0 Å². The van der Waals surface area contributed by atoms with Gasteiger partial charge in [0.05, 0.1) is 28.9 Å². The van der Waals surface area contributed by atoms with E-state index in [-0.39, 0.29) is 4.87 Å². The summed E-state index contributed by atoms with van der Waals surface area (Å²) in [6.45, 7) is 0.490. The molecular weight excluding hydrogens is 258 g/mol. The van der Waals surface area contributed by atoms with E-state index in [0.717, 1.165) is 22.7 Å². The number of anilines is 1. The Hall–Kier alpha value is -1.77. The zero-order chi connectivity index (χ0) is 12.3. The lowest BCUT2D eigenvalue weighted by molar-refractivity contribution is 1.06. The molecule has 2 N–H and O–H groups in total. The Morgan fingerprint density at radius 3 is 2.94 bits per heavy atom. The molecule has 0 radical (unpaired) electrons. The van der Waals surface area contributed by atoms with Crippen molar-refractivity contribution in [3.05, 3.63) is 49.5 Å². The first-order valence-corrected chi connectivity index (χ1v) is 6.05. The highest BCUT2D eigenvalue weighted by Crippen LogP contribution is 2.23. The predicted octanol–water partition coefficient (Wildman–Crippen LogP) is 2.57. The highest BCUT2D eigenvalue weighted by Gasteiger charge is 2.02. The van der Waals surface area contributed by atoms with Crippen LogP contribution in [-0.4, -0.2) is 4.98 Å². The molecule has 0 unspecified atom stereocenters. The maximum absolute atomic E-state index is 10.9. The number of nitriles is 1. The Balaban J connectivity index is 2.09. The molecule has 0 fully saturated rings. The monoisotopic (exact) mass is 265 g/mol. The summed E-state index contributed by atoms with van der Waals surface area (Å²) >= 11 is 7.12. The smallest absolute Gasteiger partial charge is 0.304 e. The van der Waals surface area contributed by atoms with Gasteiger partial charge in [-0.2, -0.15) is 5.26 Å². The number of nitrogens with one attached hydrogen (secondary N) is 2. The predicted molar refractivity (Wildman–Crippen MR) is 68.4 cm³/mol. The molecule has 6 heteroatoms. The lowest BCUT2D eigenvalue weighted by Gasteiger charge is -2.06. The summed E-state index contributed by atoms with van der Waals surface area (Å²) in [6.07, 6.45) is 0. The maximum atomic E-state index is 10.9. The van der Waals surface area contributed by atoms with E-state index in [0.29, 0.717) is 17.1 Å². The number of aromatic amines is 1. The summed E-state index contributed by atoms with van der Waals surface area (Å²) in [7, 11) is 0. The SMILES string of the molecule is N#Cc1ccc(NCc2csc(=O)[nH]2)c(Cl)c1. The van der Waals surface area contributed by atoms with Gasteiger partial charge in [0.15, 0.2) is 0 Å². The molecule has 0 aliphatic carbocycles. The van der Waals surface area contributed by atoms with Gasteiger partial charge < -0.3 is 10.3 Å². The van der Waals surface area contributed by atoms with E-state index in [9.17, 15) is 4.79 Å². The normalized spacial score (nSPS) is 9.88. The molecule has 0 aliphatic heterocycles. The molecule has 0 amide bonds. The highest BCUT2D eigenvalue weighted by molar-refractivity contribution is 7.07. The largest absolute Gasteiger partial charge is 0.378 e. The number of nitrogens with zero attached hydrogens (tertiary/aromatic N) is 1. The average Bonchev–Trinajstić information content (AvgIpc) is 2.73. The van der Waals surface area contributed by atoms with Gasteiger partial charge in [0.1, 0.15) is 0 Å². The van der Waals surface area contributed by atoms with Gasteiger partial charge in [-0.3, -0.25) is 4.79 Å². The minimum absolute atomic E-state index is 0.0762. The van der Waals surface area contributed by atoms with Crippen molar-refractivity contribution in [2.24, 2.45) is 0 Å². The second-order valence-electron chi connectivity index (χ2n) is 3.33. The molecule has 0 bridgehead atoms. The fourth-order valence-corrected chi connectivity index (χ4v) is 2.15. The van der Waals surface area contributed by atoms with E-state index in [1.807, 2.05) is 6.07 Å². The number of H-pyrrole nitrogens is 1. The van der Waals surface area contributed by atoms with Crippen molar-refractivity contribution in [3.8, 4) is 6.07 Å². The van der Waals surface area contributed by atoms with Gasteiger partial charge in [0.25, 0.3) is 0 Å². The average molecular weight is 266 g/mol. The van der Waals surface area contributed by atoms with Gasteiger partial charge in [-0.1, -0.05) is 22.9 Å². The second kappa shape index (κ2) is 5.04. The summed E-state index contributed by atoms with van der Waals surface area (Å²) in [5.74, 6) is 0. The molecule has 0 saturated carbocycles. The third-order valence-electron chi connectivity index (χ3n) is 2.14. The van der Waals surface area contributed by atoms with Crippen LogP contribution < -0.4 is 10.2 Å². The molecule has 0 spiro atoms. The van der Waals surface area contributed by atoms with Crippen LogP contribution in [0, 0.1) is 11.3 Å². The lowest BCUT2D eigenvalue weighted by atomic mass is 10.2. The maximum Gasteiger partial charge on any atom is 0.304 e. The van der Waals surface area contributed by atoms with E-state index in [2.05, 4.69) is 10.3 Å². The van der Waals surface area contributed by atoms with Crippen LogP contribution in [0.2, 0.25) is 5.02 Å². The van der Waals surface area contributed by atoms with Crippen molar-refractivity contribution >= 4 is 28.6 Å². The van der Waals surface area contributed by atoms with Crippen LogP contribution in [0.3, 0.4) is 0 Å². The van der Waals surface area contributed by atoms with Gasteiger partial charge in [-0.15, -0.1) is 0 Å². The number of aromatic nitrogens is 1. The van der Waals surface area contributed by atoms with E-state index in [1.54, 1.807) is 23.6 Å². The van der Waals surface area contributed by atoms with E-state index in [4.69, 9.17) is 16.9 Å². The van der Waals surface area contributed by atoms with E-state index in [1.165, 1.54) is 0 Å². The number of hydrogen-bond donors (Lipinski definition) is 2. The molecule has 1 aromatic heterocycles. The number of halogens is 1. The molecule has 4 nitrogen and oxygen atoms in total. The summed E-state index contributed by atoms with van der Waals surface area (Å²) < 4.78 is 0. The van der Waals surface area contributed by atoms with Crippen molar-refractivity contribution in [1.29, 1.82) is 5.26 Å². The molecule has 1 aromatic carbocycles. The Kier molecular flexibility index (Phi) is 3.47. The van der Waals surface area contributed by atoms with Gasteiger partial charge >= 0.3 is 4.87 Å². The quantitative estimate of drug-likeness (QED) is 0.896. The first-order chi connectivity index (χ1) is 8.19. The van der Waals surface area contributed by atoms with Crippen LogP contribution in [0.15, 0.2) is 28.4 Å². The van der Waals surface area contributed by atoms with Gasteiger partial charge in [-0.25, -0.2) is 0 Å². The second-order valence-corrected chi connectivity index (χ2v) is 4.58. The van der Waals surface area contributed by atoms with Crippen molar-refractivity contribution in [1.82, 2.24) is 4.98 Å². The minimum atomic E-state index is -0.0762. The van der Waals surface area contributed by atoms with Crippen LogP contribution >= 0.6 is 22.9 Å². The number of rotatable bonds is 3. The van der Waals surface area contributed by atoms with Crippen LogP contribution in [-0.2, 0) is 6.54 Å². The van der Waals surface area contributed by atoms with Crippen LogP contribution in [0.5, 0.6) is 0 Å². The summed E-state index contributed by atoms with van der Waals surface area (Å²) in [4.78, 5) is 13.5. The van der Waals surface area contributed by atoms with Gasteiger partial charge in [0, 0.05) is 11.1 Å². The van der Waals surface area contributed by atoms with Crippen molar-refractivity contribution in [2.45, 2.75) is 6.54 Å². The number of hydrogen-bond acceptors (Lipinski definition) is 4. The molecule has 17 heavy (non-hydrogen) atoms. The third-order valence-corrected chi connectivity index (χ3v) is 3.17. The Bertz CT molecular complexity index is 626. The molecule has 2 rings (SSSR count). The first-order valence-electron chi connectivity index (χ1n) is 4.79. The van der Waals surface area contributed by atoms with Crippen LogP contribution in [0.4, 0.5) is 5.69 Å². The Morgan fingerprint density at radius 2 is 2.35 bits per heavy atom. The Labute approximate surface area is 106 Å². The lowest BCUT2D eigenvalue weighted by Crippen LogP contribution is -2.03. The first kappa shape index (κ1) is 11.7. The molecule has 2 aromatic rings. The summed E-state index contributed by atoms with van der Waals surface area (Å²) in [5.41, 5.74) is 2.06. The minimum Gasteiger partial charge on any atom is -0.378 e. The van der Waals surface area contributed by atoms with Crippen LogP contribution in [0.1, 0.15) is 11.3 Å². The van der Waals surface area contributed by atoms with Crippen molar-refractivity contribution in [3.63, 3.8) is 0 Å². The Morgan fingerprint density at radius 1 is 1.53 bits per heavy atom. The van der Waals surface area contributed by atoms with Gasteiger partial charge in [0.2, 0.25) is 0 Å². The van der Waals surface area contributed by atoms with Crippen molar-refractivity contribution < 1.29 is 0 Å². The number of thiazole rings is 1. The van der Waals surface area contributed by atoms with E-state index < -0.39 is 0 Å². The highest BCUT2D eigenvalue weighted by atomic mass is 35.5. The molecule has 0 aliphatic rings. The van der Waals surface area contributed by atoms with Gasteiger partial charge in [-0.05, 0) is 18.2 Å².